The number of benzene rings is 1. The maximum Gasteiger partial charge on any atom is 0.121 e. The number of nitrogens with zero attached hydrogens (tertiary/aromatic N) is 4. The predicted molar refractivity (Wildman–Crippen MR) is 112 cm³/mol. The lowest BCUT2D eigenvalue weighted by Crippen LogP contribution is -2.52. The van der Waals surface area contributed by atoms with Crippen molar-refractivity contribution in [3.63, 3.8) is 0 Å². The van der Waals surface area contributed by atoms with E-state index in [2.05, 4.69) is 58.6 Å². The molecule has 1 aliphatic heterocycles. The molecule has 1 aliphatic rings. The highest BCUT2D eigenvalue weighted by atomic mass is 16.5. The molecule has 6 nitrogen and oxygen atoms in total. The molecule has 154 valence electrons. The zero-order chi connectivity index (χ0) is 20.1. The molecule has 1 saturated heterocycles. The highest BCUT2D eigenvalue weighted by Crippen LogP contribution is 2.23. The maximum atomic E-state index is 9.60. The minimum Gasteiger partial charge on any atom is -0.496 e. The number of methoxy groups -OCH3 is 1. The predicted octanol–water partition coefficient (Wildman–Crippen LogP) is 2.60. The fraction of sp³-hybridized carbons (Fsp3) is 0.591. The Morgan fingerprint density at radius 3 is 2.68 bits per heavy atom. The van der Waals surface area contributed by atoms with Crippen LogP contribution in [0.3, 0.4) is 0 Å². The quantitative estimate of drug-likeness (QED) is 0.756. The highest BCUT2D eigenvalue weighted by Gasteiger charge is 2.27. The van der Waals surface area contributed by atoms with Crippen molar-refractivity contribution in [3.8, 4) is 5.75 Å². The van der Waals surface area contributed by atoms with Crippen molar-refractivity contribution in [3.05, 3.63) is 46.8 Å². The molecule has 1 N–H and O–H groups in total. The van der Waals surface area contributed by atoms with Gasteiger partial charge >= 0.3 is 0 Å². The summed E-state index contributed by atoms with van der Waals surface area (Å²) in [7, 11) is 1.71. The van der Waals surface area contributed by atoms with Gasteiger partial charge < -0.3 is 9.84 Å². The number of aromatic nitrogens is 2. The van der Waals surface area contributed by atoms with Crippen LogP contribution in [0.15, 0.2) is 24.4 Å². The number of aryl methyl sites for hydroxylation is 2. The molecule has 2 aromatic rings. The van der Waals surface area contributed by atoms with Crippen LogP contribution >= 0.6 is 0 Å². The van der Waals surface area contributed by atoms with E-state index in [4.69, 9.17) is 4.74 Å². The van der Waals surface area contributed by atoms with Crippen molar-refractivity contribution in [1.29, 1.82) is 0 Å². The van der Waals surface area contributed by atoms with Gasteiger partial charge in [0.15, 0.2) is 0 Å². The van der Waals surface area contributed by atoms with E-state index in [9.17, 15) is 5.11 Å². The van der Waals surface area contributed by atoms with Crippen LogP contribution in [-0.4, -0.2) is 64.1 Å². The topological polar surface area (TPSA) is 53.8 Å². The lowest BCUT2D eigenvalue weighted by atomic mass is 10.0. The van der Waals surface area contributed by atoms with Crippen molar-refractivity contribution < 1.29 is 9.84 Å². The molecule has 6 heteroatoms. The summed E-state index contributed by atoms with van der Waals surface area (Å²) >= 11 is 0. The third-order valence-corrected chi connectivity index (χ3v) is 5.89. The summed E-state index contributed by atoms with van der Waals surface area (Å²) in [5.74, 6) is 0.934. The van der Waals surface area contributed by atoms with Gasteiger partial charge in [-0.05, 0) is 44.4 Å². The molecule has 3 rings (SSSR count). The van der Waals surface area contributed by atoms with Gasteiger partial charge in [0.2, 0.25) is 0 Å². The summed E-state index contributed by atoms with van der Waals surface area (Å²) in [4.78, 5) is 5.01. The average Bonchev–Trinajstić information content (AvgIpc) is 3.04. The van der Waals surface area contributed by atoms with Gasteiger partial charge in [-0.1, -0.05) is 12.1 Å². The highest BCUT2D eigenvalue weighted by molar-refractivity contribution is 5.36. The van der Waals surface area contributed by atoms with E-state index in [1.807, 2.05) is 6.20 Å². The van der Waals surface area contributed by atoms with Gasteiger partial charge in [0, 0.05) is 63.2 Å². The van der Waals surface area contributed by atoms with Crippen LogP contribution in [0.4, 0.5) is 0 Å². The minimum absolute atomic E-state index is 0.226. The molecule has 0 saturated carbocycles. The summed E-state index contributed by atoms with van der Waals surface area (Å²) in [6, 6.07) is 6.78. The van der Waals surface area contributed by atoms with E-state index < -0.39 is 0 Å². The van der Waals surface area contributed by atoms with Gasteiger partial charge in [0.25, 0.3) is 0 Å². The van der Waals surface area contributed by atoms with Gasteiger partial charge in [0.05, 0.1) is 13.3 Å². The third kappa shape index (κ3) is 4.74. The molecule has 1 atom stereocenters. The Kier molecular flexibility index (Phi) is 7.10. The van der Waals surface area contributed by atoms with Crippen molar-refractivity contribution in [2.45, 2.75) is 52.9 Å². The normalized spacial score (nSPS) is 18.5. The van der Waals surface area contributed by atoms with Gasteiger partial charge in [-0.3, -0.25) is 14.5 Å². The Morgan fingerprint density at radius 2 is 2.04 bits per heavy atom. The molecule has 0 spiro atoms. The number of rotatable bonds is 8. The average molecular weight is 387 g/mol. The minimum atomic E-state index is 0.226. The molecular weight excluding hydrogens is 352 g/mol. The van der Waals surface area contributed by atoms with E-state index in [0.717, 1.165) is 51.4 Å². The first-order chi connectivity index (χ1) is 13.5. The van der Waals surface area contributed by atoms with Gasteiger partial charge in [-0.2, -0.15) is 5.10 Å². The summed E-state index contributed by atoms with van der Waals surface area (Å²) < 4.78 is 7.44. The Balaban J connectivity index is 1.65. The molecule has 0 aliphatic carbocycles. The molecule has 0 amide bonds. The second-order valence-electron chi connectivity index (χ2n) is 7.75. The number of hydrogen-bond donors (Lipinski definition) is 1. The summed E-state index contributed by atoms with van der Waals surface area (Å²) in [6.07, 6.45) is 2.81. The van der Waals surface area contributed by atoms with Crippen molar-refractivity contribution in [2.75, 3.05) is 33.4 Å². The van der Waals surface area contributed by atoms with Crippen LogP contribution in [0.1, 0.15) is 35.7 Å². The second kappa shape index (κ2) is 9.54. The zero-order valence-corrected chi connectivity index (χ0v) is 17.7. The number of piperazine rings is 1. The molecule has 0 radical (unpaired) electrons. The molecule has 1 fully saturated rings. The van der Waals surface area contributed by atoms with E-state index in [1.54, 1.807) is 7.11 Å². The van der Waals surface area contributed by atoms with Crippen LogP contribution in [0.2, 0.25) is 0 Å². The molecule has 2 heterocycles. The van der Waals surface area contributed by atoms with Crippen molar-refractivity contribution in [1.82, 2.24) is 19.6 Å². The summed E-state index contributed by atoms with van der Waals surface area (Å²) in [6.45, 7) is 12.4. The first-order valence-electron chi connectivity index (χ1n) is 10.3. The zero-order valence-electron chi connectivity index (χ0n) is 17.7. The van der Waals surface area contributed by atoms with Crippen molar-refractivity contribution in [2.24, 2.45) is 0 Å². The Morgan fingerprint density at radius 1 is 1.21 bits per heavy atom. The first kappa shape index (κ1) is 20.8. The summed E-state index contributed by atoms with van der Waals surface area (Å²) in [5, 5.41) is 14.1. The van der Waals surface area contributed by atoms with Crippen LogP contribution < -0.4 is 4.74 Å². The molecule has 28 heavy (non-hydrogen) atoms. The van der Waals surface area contributed by atoms with Crippen LogP contribution in [0.5, 0.6) is 5.75 Å². The van der Waals surface area contributed by atoms with Gasteiger partial charge in [-0.15, -0.1) is 0 Å². The lowest BCUT2D eigenvalue weighted by molar-refractivity contribution is 0.0498. The van der Waals surface area contributed by atoms with Crippen LogP contribution in [-0.2, 0) is 19.6 Å². The van der Waals surface area contributed by atoms with Crippen LogP contribution in [0.25, 0.3) is 0 Å². The molecule has 1 aromatic carbocycles. The third-order valence-electron chi connectivity index (χ3n) is 5.89. The SMILES string of the molecule is CCn1ncc(CN2CCN(Cc3ccc(OC)c(C)c3)[C@@H](CCO)C2)c1C. The van der Waals surface area contributed by atoms with E-state index >= 15 is 0 Å². The molecule has 0 unspecified atom stereocenters. The van der Waals surface area contributed by atoms with Crippen LogP contribution in [0, 0.1) is 13.8 Å². The largest absolute Gasteiger partial charge is 0.496 e. The van der Waals surface area contributed by atoms with E-state index in [1.165, 1.54) is 22.4 Å². The van der Waals surface area contributed by atoms with Crippen molar-refractivity contribution >= 4 is 0 Å². The molecular formula is C22H34N4O2. The fourth-order valence-electron chi connectivity index (χ4n) is 4.21. The first-order valence-corrected chi connectivity index (χ1v) is 10.3. The molecule has 0 bridgehead atoms. The summed E-state index contributed by atoms with van der Waals surface area (Å²) in [5.41, 5.74) is 5.04. The number of aliphatic hydroxyl groups is 1. The second-order valence-corrected chi connectivity index (χ2v) is 7.75. The van der Waals surface area contributed by atoms with Gasteiger partial charge in [0.1, 0.15) is 5.75 Å². The van der Waals surface area contributed by atoms with E-state index in [-0.39, 0.29) is 6.61 Å². The lowest BCUT2D eigenvalue weighted by Gasteiger charge is -2.41. The molecule has 1 aromatic heterocycles. The van der Waals surface area contributed by atoms with Gasteiger partial charge in [-0.25, -0.2) is 0 Å². The smallest absolute Gasteiger partial charge is 0.121 e. The Labute approximate surface area is 168 Å². The standard InChI is InChI=1S/C22H34N4O2/c1-5-26-18(3)20(13-23-26)15-24-9-10-25(21(16-24)8-11-27)14-19-6-7-22(28-4)17(2)12-19/h6-7,12-13,21,27H,5,8-11,14-16H2,1-4H3/t21-/m0/s1. The number of ether oxygens (including phenoxy) is 1. The number of hydrogen-bond acceptors (Lipinski definition) is 5. The number of aliphatic hydroxyl groups excluding tert-OH is 1. The monoisotopic (exact) mass is 386 g/mol. The maximum absolute atomic E-state index is 9.60. The Bertz CT molecular complexity index is 774. The fourth-order valence-corrected chi connectivity index (χ4v) is 4.21. The van der Waals surface area contributed by atoms with E-state index in [0.29, 0.717) is 6.04 Å². The Hall–Kier alpha value is -1.89.